The molecule has 0 aliphatic carbocycles. The van der Waals surface area contributed by atoms with Gasteiger partial charge in [-0.3, -0.25) is 0 Å². The number of hydrogen-bond donors (Lipinski definition) is 2. The van der Waals surface area contributed by atoms with Crippen molar-refractivity contribution in [3.63, 3.8) is 0 Å². The monoisotopic (exact) mass is 196 g/mol. The average Bonchev–Trinajstić information content (AvgIpc) is 2.04. The van der Waals surface area contributed by atoms with Crippen LogP contribution in [0.5, 0.6) is 0 Å². The third-order valence-corrected chi connectivity index (χ3v) is 2.26. The highest BCUT2D eigenvalue weighted by Crippen LogP contribution is 2.25. The molecule has 70 valence electrons. The number of fused-ring (bicyclic) bond motifs is 1. The smallest absolute Gasteiger partial charge is 0.162 e. The van der Waals surface area contributed by atoms with Crippen LogP contribution in [-0.2, 0) is 0 Å². The second-order valence-electron chi connectivity index (χ2n) is 2.90. The van der Waals surface area contributed by atoms with Gasteiger partial charge in [0.1, 0.15) is 0 Å². The van der Waals surface area contributed by atoms with E-state index in [-0.39, 0.29) is 5.48 Å². The van der Waals surface area contributed by atoms with Crippen LogP contribution in [-0.4, -0.2) is 17.5 Å². The number of quaternary nitrogens is 1. The summed E-state index contributed by atoms with van der Waals surface area (Å²) < 4.78 is 0. The van der Waals surface area contributed by atoms with E-state index in [0.29, 0.717) is 0 Å². The minimum Gasteiger partial charge on any atom is -0.870 e. The lowest BCUT2D eigenvalue weighted by atomic mass is 10.1. The van der Waals surface area contributed by atoms with Gasteiger partial charge in [-0.25, -0.2) is 10.4 Å². The summed E-state index contributed by atoms with van der Waals surface area (Å²) in [6.45, 7) is 0. The highest BCUT2D eigenvalue weighted by atomic mass is 32.1. The minimum absolute atomic E-state index is 0. The van der Waals surface area contributed by atoms with Crippen LogP contribution < -0.4 is 5.43 Å². The zero-order valence-electron chi connectivity index (χ0n) is 7.31. The van der Waals surface area contributed by atoms with Crippen molar-refractivity contribution in [2.75, 3.05) is 7.05 Å². The summed E-state index contributed by atoms with van der Waals surface area (Å²) in [5, 5.41) is 2.02. The molecule has 13 heavy (non-hydrogen) atoms. The third kappa shape index (κ3) is 1.85. The van der Waals surface area contributed by atoms with E-state index < -0.39 is 0 Å². The second-order valence-corrected chi connectivity index (χ2v) is 3.38. The van der Waals surface area contributed by atoms with Crippen LogP contribution in [0.4, 0.5) is 5.69 Å². The fourth-order valence-corrected chi connectivity index (χ4v) is 1.75. The van der Waals surface area contributed by atoms with Gasteiger partial charge in [-0.15, -0.1) is 12.6 Å². The Kier molecular flexibility index (Phi) is 2.98. The van der Waals surface area contributed by atoms with Crippen LogP contribution in [0.3, 0.4) is 0 Å². The van der Waals surface area contributed by atoms with Gasteiger partial charge in [-0.05, 0) is 6.07 Å². The number of nitrogens with zero attached hydrogens (tertiary/aromatic N) is 1. The molecule has 0 spiro atoms. The Bertz CT molecular complexity index is 338. The summed E-state index contributed by atoms with van der Waals surface area (Å²) in [5.41, 5.74) is 4.53. The molecule has 3 N–H and O–H groups in total. The molecule has 1 aromatic carbocycles. The molecule has 0 radical (unpaired) electrons. The van der Waals surface area contributed by atoms with Gasteiger partial charge in [-0.2, -0.15) is 0 Å². The molecule has 1 aliphatic rings. The second kappa shape index (κ2) is 3.83. The van der Waals surface area contributed by atoms with Crippen molar-refractivity contribution in [2.45, 2.75) is 0 Å². The first-order chi connectivity index (χ1) is 5.77. The summed E-state index contributed by atoms with van der Waals surface area (Å²) in [4.78, 5) is 1.02. The van der Waals surface area contributed by atoms with Crippen LogP contribution >= 0.6 is 12.6 Å². The minimum atomic E-state index is 0. The quantitative estimate of drug-likeness (QED) is 0.366. The van der Waals surface area contributed by atoms with E-state index in [0.717, 1.165) is 4.91 Å². The maximum atomic E-state index is 4.40. The Morgan fingerprint density at radius 2 is 2.00 bits per heavy atom. The molecule has 0 amide bonds. The molecule has 2 rings (SSSR count). The van der Waals surface area contributed by atoms with Crippen molar-refractivity contribution < 1.29 is 10.9 Å². The number of rotatable bonds is 0. The zero-order valence-corrected chi connectivity index (χ0v) is 8.20. The van der Waals surface area contributed by atoms with E-state index in [1.807, 2.05) is 30.4 Å². The van der Waals surface area contributed by atoms with Crippen molar-refractivity contribution >= 4 is 23.2 Å². The average molecular weight is 196 g/mol. The normalized spacial score (nSPS) is 14.3. The van der Waals surface area contributed by atoms with Crippen molar-refractivity contribution in [3.05, 3.63) is 36.0 Å². The fourth-order valence-electron chi connectivity index (χ4n) is 1.36. The molecule has 3 nitrogen and oxygen atoms in total. The van der Waals surface area contributed by atoms with Crippen LogP contribution in [0, 0.1) is 0 Å². The van der Waals surface area contributed by atoms with E-state index >= 15 is 0 Å². The van der Waals surface area contributed by atoms with Gasteiger partial charge in [0.2, 0.25) is 0 Å². The highest BCUT2D eigenvalue weighted by Gasteiger charge is 2.14. The van der Waals surface area contributed by atoms with Gasteiger partial charge < -0.3 is 5.48 Å². The lowest BCUT2D eigenvalue weighted by Gasteiger charge is -2.19. The summed E-state index contributed by atoms with van der Waals surface area (Å²) in [6.07, 6.45) is 2.01. The summed E-state index contributed by atoms with van der Waals surface area (Å²) in [6, 6.07) is 8.24. The van der Waals surface area contributed by atoms with Crippen molar-refractivity contribution in [3.8, 4) is 0 Å². The first-order valence-corrected chi connectivity index (χ1v) is 4.29. The molecule has 0 atom stereocenters. The van der Waals surface area contributed by atoms with Crippen LogP contribution in [0.25, 0.3) is 4.91 Å². The lowest BCUT2D eigenvalue weighted by molar-refractivity contribution is -0.719. The standard InChI is InChI=1S/C9H10N2S.H2O/c1-11-6-9(12)7-4-2-3-5-8(7)10-11;/h2-6,10,12H,1H3;1H2. The Hall–Kier alpha value is -0.970. The van der Waals surface area contributed by atoms with Crippen LogP contribution in [0.15, 0.2) is 30.5 Å². The number of thiol groups is 1. The van der Waals surface area contributed by atoms with Crippen molar-refractivity contribution in [1.82, 2.24) is 5.01 Å². The topological polar surface area (TPSA) is 49.9 Å². The summed E-state index contributed by atoms with van der Waals surface area (Å²) in [5.74, 6) is 0. The third-order valence-electron chi connectivity index (χ3n) is 1.91. The fraction of sp³-hybridized carbons (Fsp3) is 0.111. The van der Waals surface area contributed by atoms with E-state index in [1.165, 1.54) is 11.3 Å². The van der Waals surface area contributed by atoms with Gasteiger partial charge in [0, 0.05) is 11.0 Å². The zero-order chi connectivity index (χ0) is 8.55. The maximum absolute atomic E-state index is 4.40. The molecule has 1 heterocycles. The Morgan fingerprint density at radius 1 is 1.31 bits per heavy atom. The summed E-state index contributed by atoms with van der Waals surface area (Å²) >= 11 is 4.40. The maximum Gasteiger partial charge on any atom is 0.162 e. The first kappa shape index (κ1) is 10.1. The van der Waals surface area contributed by atoms with Gasteiger partial charge in [0.15, 0.2) is 5.69 Å². The van der Waals surface area contributed by atoms with Gasteiger partial charge in [-0.1, -0.05) is 12.1 Å². The molecule has 1 aromatic rings. The molecule has 0 aromatic heterocycles. The molecule has 0 bridgehead atoms. The molecule has 0 saturated carbocycles. The Morgan fingerprint density at radius 3 is 2.77 bits per heavy atom. The molecular weight excluding hydrogens is 184 g/mol. The Balaban J connectivity index is 0.000000845. The number of hydrogen-bond acceptors (Lipinski definition) is 3. The van der Waals surface area contributed by atoms with Gasteiger partial charge in [0.05, 0.1) is 18.8 Å². The molecule has 0 saturated heterocycles. The predicted molar refractivity (Wildman–Crippen MR) is 54.7 cm³/mol. The summed E-state index contributed by atoms with van der Waals surface area (Å²) in [7, 11) is 2.01. The first-order valence-electron chi connectivity index (χ1n) is 3.84. The predicted octanol–water partition coefficient (Wildman–Crippen LogP) is 0.793. The van der Waals surface area contributed by atoms with E-state index in [2.05, 4.69) is 30.2 Å². The van der Waals surface area contributed by atoms with Gasteiger partial charge >= 0.3 is 0 Å². The number of benzene rings is 1. The largest absolute Gasteiger partial charge is 0.870 e. The molecule has 1 aliphatic heterocycles. The van der Waals surface area contributed by atoms with Crippen LogP contribution in [0.1, 0.15) is 5.56 Å². The van der Waals surface area contributed by atoms with E-state index in [4.69, 9.17) is 0 Å². The van der Waals surface area contributed by atoms with Crippen molar-refractivity contribution in [1.29, 1.82) is 0 Å². The van der Waals surface area contributed by atoms with Crippen molar-refractivity contribution in [2.24, 2.45) is 0 Å². The van der Waals surface area contributed by atoms with Gasteiger partial charge in [0.25, 0.3) is 0 Å². The molecule has 4 heteroatoms. The van der Waals surface area contributed by atoms with E-state index in [9.17, 15) is 0 Å². The van der Waals surface area contributed by atoms with E-state index in [1.54, 1.807) is 0 Å². The highest BCUT2D eigenvalue weighted by molar-refractivity contribution is 7.90. The molecule has 0 fully saturated rings. The molecular formula is C9H12N2OS. The number of nitrogens with two attached hydrogens (primary N) is 1. The lowest BCUT2D eigenvalue weighted by Crippen LogP contribution is -2.87. The molecule has 0 unspecified atom stereocenters. The SMILES string of the molecule is CN1C=C(S)c2ccccc2[NH2+]1.[OH-]. The van der Waals surface area contributed by atoms with Crippen LogP contribution in [0.2, 0.25) is 0 Å². The Labute approximate surface area is 82.7 Å².